The molecule has 1 saturated heterocycles. The van der Waals surface area contributed by atoms with E-state index in [9.17, 15) is 16.8 Å². The minimum atomic E-state index is -3.32. The molecule has 1 aromatic rings. The van der Waals surface area contributed by atoms with Crippen LogP contribution in [0, 0.1) is 0 Å². The summed E-state index contributed by atoms with van der Waals surface area (Å²) in [5.41, 5.74) is 0.451. The first-order valence-corrected chi connectivity index (χ1v) is 9.73. The summed E-state index contributed by atoms with van der Waals surface area (Å²) in [5, 5.41) is 3.37. The maximum atomic E-state index is 11.5. The van der Waals surface area contributed by atoms with Gasteiger partial charge in [0.1, 0.15) is 0 Å². The molecule has 1 aliphatic heterocycles. The Morgan fingerprint density at radius 1 is 1.37 bits per heavy atom. The summed E-state index contributed by atoms with van der Waals surface area (Å²) in [7, 11) is -6.31. The largest absolute Gasteiger partial charge is 0.380 e. The van der Waals surface area contributed by atoms with Crippen molar-refractivity contribution in [2.45, 2.75) is 17.4 Å². The molecule has 2 rings (SSSR count). The Hall–Kier alpha value is -0.790. The summed E-state index contributed by atoms with van der Waals surface area (Å²) in [4.78, 5) is 0.153. The summed E-state index contributed by atoms with van der Waals surface area (Å²) < 4.78 is 45.7. The second kappa shape index (κ2) is 4.96. The van der Waals surface area contributed by atoms with Crippen LogP contribution in [0.25, 0.3) is 0 Å². The van der Waals surface area contributed by atoms with Crippen molar-refractivity contribution in [2.75, 3.05) is 23.1 Å². The standard InChI is InChI=1S/C11H14ClNO4S2/c1-18(14,15)9-2-3-10(12)11(6-9)13-8-4-5-19(16,17)7-8/h2-3,6,8,13H,4-5,7H2,1H3. The van der Waals surface area contributed by atoms with Crippen LogP contribution in [0.3, 0.4) is 0 Å². The van der Waals surface area contributed by atoms with Gasteiger partial charge in [-0.25, -0.2) is 16.8 Å². The molecular formula is C11H14ClNO4S2. The fourth-order valence-electron chi connectivity index (χ4n) is 1.97. The summed E-state index contributed by atoms with van der Waals surface area (Å²) in [6, 6.07) is 4.12. The van der Waals surface area contributed by atoms with Gasteiger partial charge in [0.25, 0.3) is 0 Å². The smallest absolute Gasteiger partial charge is 0.175 e. The predicted molar refractivity (Wildman–Crippen MR) is 75.2 cm³/mol. The van der Waals surface area contributed by atoms with Gasteiger partial charge in [-0.05, 0) is 24.6 Å². The molecule has 1 atom stereocenters. The van der Waals surface area contributed by atoms with E-state index in [0.29, 0.717) is 17.1 Å². The Morgan fingerprint density at radius 2 is 2.05 bits per heavy atom. The SMILES string of the molecule is CS(=O)(=O)c1ccc(Cl)c(NC2CCS(=O)(=O)C2)c1. The number of hydrogen-bond acceptors (Lipinski definition) is 5. The normalized spacial score (nSPS) is 22.3. The zero-order valence-electron chi connectivity index (χ0n) is 10.3. The van der Waals surface area contributed by atoms with E-state index < -0.39 is 19.7 Å². The van der Waals surface area contributed by atoms with Gasteiger partial charge in [0.15, 0.2) is 19.7 Å². The fraction of sp³-hybridized carbons (Fsp3) is 0.455. The monoisotopic (exact) mass is 323 g/mol. The van der Waals surface area contributed by atoms with Crippen LogP contribution in [0.2, 0.25) is 5.02 Å². The number of rotatable bonds is 3. The number of sulfone groups is 2. The molecule has 0 amide bonds. The van der Waals surface area contributed by atoms with Gasteiger partial charge in [-0.2, -0.15) is 0 Å². The molecule has 1 unspecified atom stereocenters. The number of nitrogens with one attached hydrogen (secondary N) is 1. The van der Waals surface area contributed by atoms with Crippen molar-refractivity contribution < 1.29 is 16.8 Å². The maximum absolute atomic E-state index is 11.5. The zero-order chi connectivity index (χ0) is 14.3. The van der Waals surface area contributed by atoms with Gasteiger partial charge in [-0.3, -0.25) is 0 Å². The van der Waals surface area contributed by atoms with Crippen LogP contribution in [0.15, 0.2) is 23.1 Å². The summed E-state index contributed by atoms with van der Waals surface area (Å²) in [6.07, 6.45) is 1.61. The molecule has 8 heteroatoms. The van der Waals surface area contributed by atoms with Crippen LogP contribution in [0.4, 0.5) is 5.69 Å². The van der Waals surface area contributed by atoms with Gasteiger partial charge in [0, 0.05) is 12.3 Å². The highest BCUT2D eigenvalue weighted by atomic mass is 35.5. The first-order valence-electron chi connectivity index (χ1n) is 5.64. The van der Waals surface area contributed by atoms with Crippen LogP contribution in [-0.2, 0) is 19.7 Å². The van der Waals surface area contributed by atoms with E-state index >= 15 is 0 Å². The van der Waals surface area contributed by atoms with Crippen LogP contribution in [-0.4, -0.2) is 40.6 Å². The summed E-state index contributed by atoms with van der Waals surface area (Å²) in [6.45, 7) is 0. The number of benzene rings is 1. The van der Waals surface area contributed by atoms with Crippen molar-refractivity contribution in [2.24, 2.45) is 0 Å². The van der Waals surface area contributed by atoms with Crippen LogP contribution in [0.1, 0.15) is 6.42 Å². The second-order valence-corrected chi connectivity index (χ2v) is 9.31. The van der Waals surface area contributed by atoms with E-state index in [1.54, 1.807) is 0 Å². The van der Waals surface area contributed by atoms with Crippen molar-refractivity contribution in [3.8, 4) is 0 Å². The van der Waals surface area contributed by atoms with Crippen LogP contribution < -0.4 is 5.32 Å². The molecule has 0 saturated carbocycles. The Morgan fingerprint density at radius 3 is 2.58 bits per heavy atom. The minimum absolute atomic E-state index is 0.0480. The topological polar surface area (TPSA) is 80.3 Å². The van der Waals surface area contributed by atoms with Crippen molar-refractivity contribution in [1.29, 1.82) is 0 Å². The first kappa shape index (κ1) is 14.6. The Labute approximate surface area is 117 Å². The second-order valence-electron chi connectivity index (χ2n) is 4.66. The van der Waals surface area contributed by atoms with E-state index in [0.717, 1.165) is 6.26 Å². The molecule has 0 aromatic heterocycles. The average molecular weight is 324 g/mol. The highest BCUT2D eigenvalue weighted by molar-refractivity contribution is 7.91. The molecule has 1 aromatic carbocycles. The Kier molecular flexibility index (Phi) is 3.81. The van der Waals surface area contributed by atoms with Gasteiger partial charge in [0.2, 0.25) is 0 Å². The van der Waals surface area contributed by atoms with Gasteiger partial charge in [-0.15, -0.1) is 0 Å². The molecule has 1 fully saturated rings. The van der Waals surface area contributed by atoms with Gasteiger partial charge in [0.05, 0.1) is 27.1 Å². The summed E-state index contributed by atoms with van der Waals surface area (Å²) >= 11 is 5.99. The predicted octanol–water partition coefficient (Wildman–Crippen LogP) is 1.34. The third-order valence-electron chi connectivity index (χ3n) is 2.96. The van der Waals surface area contributed by atoms with Gasteiger partial charge >= 0.3 is 0 Å². The number of halogens is 1. The molecule has 19 heavy (non-hydrogen) atoms. The molecule has 5 nitrogen and oxygen atoms in total. The molecule has 0 aliphatic carbocycles. The lowest BCUT2D eigenvalue weighted by Crippen LogP contribution is -2.20. The lowest BCUT2D eigenvalue weighted by molar-refractivity contribution is 0.600. The van der Waals surface area contributed by atoms with Crippen molar-refractivity contribution >= 4 is 37.0 Å². The highest BCUT2D eigenvalue weighted by Crippen LogP contribution is 2.27. The summed E-state index contributed by atoms with van der Waals surface area (Å²) in [5.74, 6) is 0.195. The molecular weight excluding hydrogens is 310 g/mol. The van der Waals surface area contributed by atoms with E-state index in [1.807, 2.05) is 0 Å². The number of hydrogen-bond donors (Lipinski definition) is 1. The minimum Gasteiger partial charge on any atom is -0.380 e. The lowest BCUT2D eigenvalue weighted by atomic mass is 10.2. The Bertz CT molecular complexity index is 697. The first-order chi connectivity index (χ1) is 8.67. The molecule has 1 aliphatic rings. The third kappa shape index (κ3) is 3.61. The van der Waals surface area contributed by atoms with Crippen molar-refractivity contribution in [1.82, 2.24) is 0 Å². The molecule has 106 valence electrons. The van der Waals surface area contributed by atoms with E-state index in [-0.39, 0.29) is 22.4 Å². The van der Waals surface area contributed by atoms with Gasteiger partial charge in [-0.1, -0.05) is 11.6 Å². The van der Waals surface area contributed by atoms with E-state index in [2.05, 4.69) is 5.32 Å². The molecule has 0 radical (unpaired) electrons. The Balaban J connectivity index is 2.26. The zero-order valence-corrected chi connectivity index (χ0v) is 12.6. The van der Waals surface area contributed by atoms with Crippen LogP contribution in [0.5, 0.6) is 0 Å². The average Bonchev–Trinajstić information content (AvgIpc) is 2.60. The lowest BCUT2D eigenvalue weighted by Gasteiger charge is -2.14. The molecule has 1 heterocycles. The maximum Gasteiger partial charge on any atom is 0.175 e. The van der Waals surface area contributed by atoms with Gasteiger partial charge < -0.3 is 5.32 Å². The van der Waals surface area contributed by atoms with Crippen molar-refractivity contribution in [3.05, 3.63) is 23.2 Å². The fourth-order valence-corrected chi connectivity index (χ4v) is 4.47. The third-order valence-corrected chi connectivity index (χ3v) is 6.17. The molecule has 1 N–H and O–H groups in total. The highest BCUT2D eigenvalue weighted by Gasteiger charge is 2.28. The van der Waals surface area contributed by atoms with E-state index in [1.165, 1.54) is 18.2 Å². The van der Waals surface area contributed by atoms with Crippen LogP contribution >= 0.6 is 11.6 Å². The quantitative estimate of drug-likeness (QED) is 0.908. The van der Waals surface area contributed by atoms with E-state index in [4.69, 9.17) is 11.6 Å². The number of anilines is 1. The van der Waals surface area contributed by atoms with Crippen molar-refractivity contribution in [3.63, 3.8) is 0 Å². The molecule has 0 bridgehead atoms. The molecule has 0 spiro atoms.